The van der Waals surface area contributed by atoms with Gasteiger partial charge in [0.25, 0.3) is 5.91 Å². The average molecular weight is 363 g/mol. The van der Waals surface area contributed by atoms with Crippen molar-refractivity contribution in [1.82, 2.24) is 20.1 Å². The van der Waals surface area contributed by atoms with Crippen LogP contribution in [0.25, 0.3) is 0 Å². The van der Waals surface area contributed by atoms with E-state index in [0.717, 1.165) is 37.5 Å². The summed E-state index contributed by atoms with van der Waals surface area (Å²) in [6.07, 6.45) is 4.40. The van der Waals surface area contributed by atoms with Crippen LogP contribution in [0.1, 0.15) is 41.3 Å². The van der Waals surface area contributed by atoms with Crippen molar-refractivity contribution in [3.63, 3.8) is 0 Å². The van der Waals surface area contributed by atoms with E-state index >= 15 is 0 Å². The van der Waals surface area contributed by atoms with Crippen molar-refractivity contribution in [2.24, 2.45) is 0 Å². The second kappa shape index (κ2) is 6.92. The summed E-state index contributed by atoms with van der Waals surface area (Å²) in [6.45, 7) is 2.14. The van der Waals surface area contributed by atoms with Crippen LogP contribution in [-0.2, 0) is 19.5 Å². The Hall–Kier alpha value is -2.28. The van der Waals surface area contributed by atoms with Crippen molar-refractivity contribution in [3.05, 3.63) is 34.4 Å². The Kier molecular flexibility index (Phi) is 4.48. The highest BCUT2D eigenvalue weighted by Crippen LogP contribution is 2.38. The van der Waals surface area contributed by atoms with Gasteiger partial charge >= 0.3 is 0 Å². The number of aromatic nitrogens is 3. The average Bonchev–Trinajstić information content (AvgIpc) is 2.86. The molecule has 1 N–H and O–H groups in total. The molecule has 7 nitrogen and oxygen atoms in total. The lowest BCUT2D eigenvalue weighted by atomic mass is 10.1. The van der Waals surface area contributed by atoms with Gasteiger partial charge in [-0.2, -0.15) is 0 Å². The smallest absolute Gasteiger partial charge is 0.251 e. The highest BCUT2D eigenvalue weighted by atomic mass is 35.5. The molecule has 0 aliphatic carbocycles. The third-order valence-electron chi connectivity index (χ3n) is 4.45. The molecule has 132 valence electrons. The van der Waals surface area contributed by atoms with Gasteiger partial charge < -0.3 is 19.4 Å². The van der Waals surface area contributed by atoms with Gasteiger partial charge in [0.05, 0.1) is 11.6 Å². The molecule has 3 heterocycles. The summed E-state index contributed by atoms with van der Waals surface area (Å²) >= 11 is 6.19. The lowest BCUT2D eigenvalue weighted by molar-refractivity contribution is 0.0948. The molecule has 0 atom stereocenters. The number of hydrogen-bond acceptors (Lipinski definition) is 5. The van der Waals surface area contributed by atoms with Gasteiger partial charge in [0.15, 0.2) is 17.3 Å². The first-order valence-corrected chi connectivity index (χ1v) is 8.88. The second-order valence-electron chi connectivity index (χ2n) is 6.16. The number of amides is 1. The van der Waals surface area contributed by atoms with Crippen molar-refractivity contribution < 1.29 is 14.3 Å². The van der Waals surface area contributed by atoms with Gasteiger partial charge in [-0.05, 0) is 25.0 Å². The molecule has 0 saturated heterocycles. The van der Waals surface area contributed by atoms with Crippen LogP contribution in [0.5, 0.6) is 11.5 Å². The maximum Gasteiger partial charge on any atom is 0.251 e. The third-order valence-corrected chi connectivity index (χ3v) is 4.73. The predicted molar refractivity (Wildman–Crippen MR) is 91.2 cm³/mol. The van der Waals surface area contributed by atoms with E-state index in [4.69, 9.17) is 21.1 Å². The van der Waals surface area contributed by atoms with Crippen LogP contribution in [0.4, 0.5) is 0 Å². The number of benzene rings is 1. The molecule has 2 aromatic rings. The Bertz CT molecular complexity index is 805. The molecule has 0 radical (unpaired) electrons. The van der Waals surface area contributed by atoms with E-state index in [-0.39, 0.29) is 5.91 Å². The summed E-state index contributed by atoms with van der Waals surface area (Å²) in [5, 5.41) is 11.7. The van der Waals surface area contributed by atoms with Gasteiger partial charge in [-0.1, -0.05) is 18.0 Å². The molecule has 0 saturated carbocycles. The van der Waals surface area contributed by atoms with Crippen molar-refractivity contribution in [2.45, 2.75) is 38.8 Å². The Morgan fingerprint density at radius 1 is 1.20 bits per heavy atom. The number of nitrogens with one attached hydrogen (secondary N) is 1. The van der Waals surface area contributed by atoms with Crippen LogP contribution in [0, 0.1) is 0 Å². The van der Waals surface area contributed by atoms with E-state index in [1.54, 1.807) is 12.1 Å². The molecule has 1 amide bonds. The van der Waals surface area contributed by atoms with E-state index in [2.05, 4.69) is 20.1 Å². The fraction of sp³-hybridized carbons (Fsp3) is 0.471. The summed E-state index contributed by atoms with van der Waals surface area (Å²) < 4.78 is 13.1. The zero-order valence-corrected chi connectivity index (χ0v) is 14.5. The number of halogens is 1. The standard InChI is InChI=1S/C17H19ClN4O3/c18-12-8-11(9-13-16(12)25-7-6-24-13)17(23)19-10-15-21-20-14-4-2-1-3-5-22(14)15/h8-9H,1-7,10H2,(H,19,23). The number of hydrogen-bond donors (Lipinski definition) is 1. The molecule has 1 aromatic heterocycles. The maximum absolute atomic E-state index is 12.5. The van der Waals surface area contributed by atoms with Crippen molar-refractivity contribution in [3.8, 4) is 11.5 Å². The largest absolute Gasteiger partial charge is 0.486 e. The summed E-state index contributed by atoms with van der Waals surface area (Å²) in [4.78, 5) is 12.5. The Balaban J connectivity index is 1.48. The molecule has 0 spiro atoms. The van der Waals surface area contributed by atoms with E-state index < -0.39 is 0 Å². The fourth-order valence-electron chi connectivity index (χ4n) is 3.18. The monoisotopic (exact) mass is 362 g/mol. The zero-order chi connectivity index (χ0) is 17.2. The molecular weight excluding hydrogens is 344 g/mol. The molecule has 4 rings (SSSR count). The topological polar surface area (TPSA) is 78.3 Å². The Morgan fingerprint density at radius 2 is 2.08 bits per heavy atom. The van der Waals surface area contributed by atoms with E-state index in [9.17, 15) is 4.79 Å². The minimum absolute atomic E-state index is 0.232. The number of ether oxygens (including phenoxy) is 2. The van der Waals surface area contributed by atoms with E-state index in [0.29, 0.717) is 41.8 Å². The molecule has 2 aliphatic rings. The van der Waals surface area contributed by atoms with Gasteiger partial charge in [0.1, 0.15) is 19.0 Å². The number of aryl methyl sites for hydroxylation is 1. The van der Waals surface area contributed by atoms with Crippen LogP contribution in [0.2, 0.25) is 5.02 Å². The zero-order valence-electron chi connectivity index (χ0n) is 13.8. The first-order valence-electron chi connectivity index (χ1n) is 8.50. The van der Waals surface area contributed by atoms with Crippen molar-refractivity contribution in [2.75, 3.05) is 13.2 Å². The highest BCUT2D eigenvalue weighted by Gasteiger charge is 2.20. The summed E-state index contributed by atoms with van der Waals surface area (Å²) in [5.41, 5.74) is 0.435. The second-order valence-corrected chi connectivity index (χ2v) is 6.57. The van der Waals surface area contributed by atoms with Crippen molar-refractivity contribution in [1.29, 1.82) is 0 Å². The lowest BCUT2D eigenvalue weighted by Crippen LogP contribution is -2.25. The number of nitrogens with zero attached hydrogens (tertiary/aromatic N) is 3. The van der Waals surface area contributed by atoms with Crippen LogP contribution in [-0.4, -0.2) is 33.9 Å². The first-order chi connectivity index (χ1) is 12.2. The van der Waals surface area contributed by atoms with Gasteiger partial charge in [-0.25, -0.2) is 0 Å². The normalized spacial score (nSPS) is 16.0. The molecule has 2 aliphatic heterocycles. The number of carbonyl (C=O) groups is 1. The highest BCUT2D eigenvalue weighted by molar-refractivity contribution is 6.32. The third kappa shape index (κ3) is 3.28. The SMILES string of the molecule is O=C(NCc1nnc2n1CCCCC2)c1cc(Cl)c2c(c1)OCCO2. The summed E-state index contributed by atoms with van der Waals surface area (Å²) in [6, 6.07) is 3.24. The van der Waals surface area contributed by atoms with Crippen molar-refractivity contribution >= 4 is 17.5 Å². The molecule has 0 unspecified atom stereocenters. The minimum atomic E-state index is -0.232. The van der Waals surface area contributed by atoms with Crippen LogP contribution in [0.3, 0.4) is 0 Å². The number of rotatable bonds is 3. The quantitative estimate of drug-likeness (QED) is 0.906. The maximum atomic E-state index is 12.5. The predicted octanol–water partition coefficient (Wildman–Crippen LogP) is 2.36. The fourth-order valence-corrected chi connectivity index (χ4v) is 3.44. The molecule has 0 bridgehead atoms. The van der Waals surface area contributed by atoms with E-state index in [1.165, 1.54) is 6.42 Å². The molecular formula is C17H19ClN4O3. The van der Waals surface area contributed by atoms with Gasteiger partial charge in [0, 0.05) is 18.5 Å². The number of fused-ring (bicyclic) bond motifs is 2. The van der Waals surface area contributed by atoms with Crippen LogP contribution in [0.15, 0.2) is 12.1 Å². The Labute approximate surface area is 150 Å². The lowest BCUT2D eigenvalue weighted by Gasteiger charge is -2.20. The molecule has 25 heavy (non-hydrogen) atoms. The first kappa shape index (κ1) is 16.2. The summed E-state index contributed by atoms with van der Waals surface area (Å²) in [5.74, 6) is 2.55. The minimum Gasteiger partial charge on any atom is -0.486 e. The molecule has 8 heteroatoms. The molecule has 1 aromatic carbocycles. The van der Waals surface area contributed by atoms with Crippen LogP contribution < -0.4 is 14.8 Å². The number of carbonyl (C=O) groups excluding carboxylic acids is 1. The van der Waals surface area contributed by atoms with E-state index in [1.807, 2.05) is 0 Å². The van der Waals surface area contributed by atoms with Gasteiger partial charge in [0.2, 0.25) is 0 Å². The summed E-state index contributed by atoms with van der Waals surface area (Å²) in [7, 11) is 0. The van der Waals surface area contributed by atoms with Gasteiger partial charge in [-0.15, -0.1) is 10.2 Å². The molecule has 0 fully saturated rings. The Morgan fingerprint density at radius 3 is 3.00 bits per heavy atom. The van der Waals surface area contributed by atoms with Gasteiger partial charge in [-0.3, -0.25) is 4.79 Å². The van der Waals surface area contributed by atoms with Crippen LogP contribution >= 0.6 is 11.6 Å².